The Bertz CT molecular complexity index is 1190. The number of fused-ring (bicyclic) bond motifs is 1. The molecule has 2 aliphatic heterocycles. The van der Waals surface area contributed by atoms with Crippen LogP contribution < -0.4 is 15.5 Å². The summed E-state index contributed by atoms with van der Waals surface area (Å²) in [4.78, 5) is 28.1. The van der Waals surface area contributed by atoms with Gasteiger partial charge in [0.1, 0.15) is 0 Å². The molecular weight excluding hydrogens is 438 g/mol. The van der Waals surface area contributed by atoms with Gasteiger partial charge >= 0.3 is 0 Å². The molecule has 0 spiro atoms. The maximum absolute atomic E-state index is 12.9. The molecule has 1 atom stereocenters. The summed E-state index contributed by atoms with van der Waals surface area (Å²) in [5.41, 5.74) is 5.35. The number of nitrogens with zero attached hydrogens (tertiary/aromatic N) is 1. The standard InChI is InChI=1S/C29H31N3O3/c33-28(31-26-11-3-2-10-25(26)29(34)30-19-24-9-6-18-35-24)23-15-13-21(14-16-23)20-32-17-5-8-22-7-1-4-12-27(22)32/h1-4,7,10-16,24H,5-6,8-9,17-20H2,(H,30,34)(H,31,33). The van der Waals surface area contributed by atoms with E-state index in [4.69, 9.17) is 4.74 Å². The second kappa shape index (κ2) is 10.7. The van der Waals surface area contributed by atoms with Crippen LogP contribution in [0.1, 0.15) is 51.1 Å². The number of anilines is 2. The average molecular weight is 470 g/mol. The van der Waals surface area contributed by atoms with Gasteiger partial charge in [-0.2, -0.15) is 0 Å². The van der Waals surface area contributed by atoms with Crippen LogP contribution in [0.15, 0.2) is 72.8 Å². The van der Waals surface area contributed by atoms with E-state index in [9.17, 15) is 9.59 Å². The van der Waals surface area contributed by atoms with Gasteiger partial charge in [0.05, 0.1) is 17.4 Å². The van der Waals surface area contributed by atoms with E-state index in [0.717, 1.165) is 50.9 Å². The molecule has 6 nitrogen and oxygen atoms in total. The second-order valence-corrected chi connectivity index (χ2v) is 9.20. The number of carbonyl (C=O) groups excluding carboxylic acids is 2. The van der Waals surface area contributed by atoms with E-state index in [0.29, 0.717) is 23.4 Å². The summed E-state index contributed by atoms with van der Waals surface area (Å²) in [7, 11) is 0. The molecule has 2 N–H and O–H groups in total. The van der Waals surface area contributed by atoms with Crippen LogP contribution >= 0.6 is 0 Å². The van der Waals surface area contributed by atoms with Crippen molar-refractivity contribution in [2.24, 2.45) is 0 Å². The number of nitrogens with one attached hydrogen (secondary N) is 2. The highest BCUT2D eigenvalue weighted by molar-refractivity contribution is 6.09. The minimum Gasteiger partial charge on any atom is -0.376 e. The van der Waals surface area contributed by atoms with Gasteiger partial charge in [-0.25, -0.2) is 0 Å². The van der Waals surface area contributed by atoms with Crippen molar-refractivity contribution < 1.29 is 14.3 Å². The Hall–Kier alpha value is -3.64. The van der Waals surface area contributed by atoms with Crippen molar-refractivity contribution in [2.45, 2.75) is 38.3 Å². The quantitative estimate of drug-likeness (QED) is 0.522. The van der Waals surface area contributed by atoms with E-state index < -0.39 is 0 Å². The molecule has 0 saturated carbocycles. The lowest BCUT2D eigenvalue weighted by Crippen LogP contribution is -2.32. The fourth-order valence-corrected chi connectivity index (χ4v) is 4.85. The highest BCUT2D eigenvalue weighted by Gasteiger charge is 2.19. The third kappa shape index (κ3) is 5.54. The van der Waals surface area contributed by atoms with Gasteiger partial charge in [0, 0.05) is 37.5 Å². The largest absolute Gasteiger partial charge is 0.376 e. The van der Waals surface area contributed by atoms with Crippen molar-refractivity contribution >= 4 is 23.2 Å². The molecule has 2 heterocycles. The number of benzene rings is 3. The molecule has 3 aromatic carbocycles. The van der Waals surface area contributed by atoms with Gasteiger partial charge in [-0.05, 0) is 67.1 Å². The number of rotatable bonds is 7. The Morgan fingerprint density at radius 1 is 0.914 bits per heavy atom. The van der Waals surface area contributed by atoms with Crippen molar-refractivity contribution in [3.63, 3.8) is 0 Å². The van der Waals surface area contributed by atoms with Gasteiger partial charge in [-0.1, -0.05) is 42.5 Å². The molecule has 35 heavy (non-hydrogen) atoms. The van der Waals surface area contributed by atoms with Gasteiger partial charge in [-0.15, -0.1) is 0 Å². The first-order chi connectivity index (χ1) is 17.2. The topological polar surface area (TPSA) is 70.7 Å². The van der Waals surface area contributed by atoms with E-state index >= 15 is 0 Å². The Balaban J connectivity index is 1.22. The Kier molecular flexibility index (Phi) is 7.09. The fourth-order valence-electron chi connectivity index (χ4n) is 4.85. The smallest absolute Gasteiger partial charge is 0.255 e. The van der Waals surface area contributed by atoms with Crippen molar-refractivity contribution in [1.82, 2.24) is 5.32 Å². The van der Waals surface area contributed by atoms with Gasteiger partial charge < -0.3 is 20.3 Å². The molecule has 180 valence electrons. The molecule has 0 aliphatic carbocycles. The number of carbonyl (C=O) groups is 2. The van der Waals surface area contributed by atoms with Crippen LogP contribution in [0.4, 0.5) is 11.4 Å². The number of aryl methyl sites for hydroxylation is 1. The first kappa shape index (κ1) is 23.1. The zero-order valence-corrected chi connectivity index (χ0v) is 19.8. The Morgan fingerprint density at radius 2 is 1.71 bits per heavy atom. The molecule has 1 unspecified atom stereocenters. The van der Waals surface area contributed by atoms with Gasteiger partial charge in [0.25, 0.3) is 11.8 Å². The highest BCUT2D eigenvalue weighted by Crippen LogP contribution is 2.28. The summed E-state index contributed by atoms with van der Waals surface area (Å²) < 4.78 is 5.58. The molecule has 0 aromatic heterocycles. The Morgan fingerprint density at radius 3 is 2.54 bits per heavy atom. The Labute approximate surface area is 206 Å². The molecule has 5 rings (SSSR count). The van der Waals surface area contributed by atoms with Crippen molar-refractivity contribution in [2.75, 3.05) is 29.9 Å². The molecule has 2 amide bonds. The number of hydrogen-bond acceptors (Lipinski definition) is 4. The first-order valence-electron chi connectivity index (χ1n) is 12.4. The summed E-state index contributed by atoms with van der Waals surface area (Å²) in [6.07, 6.45) is 4.33. The lowest BCUT2D eigenvalue weighted by atomic mass is 10.0. The minimum absolute atomic E-state index is 0.0673. The van der Waals surface area contributed by atoms with Crippen LogP contribution in [0.3, 0.4) is 0 Å². The van der Waals surface area contributed by atoms with Crippen molar-refractivity contribution in [3.8, 4) is 0 Å². The summed E-state index contributed by atoms with van der Waals surface area (Å²) in [6.45, 7) is 3.07. The third-order valence-electron chi connectivity index (χ3n) is 6.73. The van der Waals surface area contributed by atoms with Crippen LogP contribution in [0.25, 0.3) is 0 Å². The fraction of sp³-hybridized carbons (Fsp3) is 0.310. The molecule has 6 heteroatoms. The first-order valence-corrected chi connectivity index (χ1v) is 12.4. The number of ether oxygens (including phenoxy) is 1. The summed E-state index contributed by atoms with van der Waals surface area (Å²) in [6, 6.07) is 23.4. The van der Waals surface area contributed by atoms with Crippen molar-refractivity contribution in [3.05, 3.63) is 95.1 Å². The number of hydrogen-bond donors (Lipinski definition) is 2. The average Bonchev–Trinajstić information content (AvgIpc) is 3.42. The zero-order valence-electron chi connectivity index (χ0n) is 19.8. The van der Waals surface area contributed by atoms with Crippen LogP contribution in [0.2, 0.25) is 0 Å². The molecule has 1 saturated heterocycles. The van der Waals surface area contributed by atoms with Crippen LogP contribution in [0, 0.1) is 0 Å². The predicted molar refractivity (Wildman–Crippen MR) is 138 cm³/mol. The SMILES string of the molecule is O=C(Nc1ccccc1C(=O)NCC1CCCO1)c1ccc(CN2CCCc3ccccc32)cc1. The van der Waals surface area contributed by atoms with E-state index in [1.165, 1.54) is 11.3 Å². The summed E-state index contributed by atoms with van der Waals surface area (Å²) in [5.74, 6) is -0.451. The lowest BCUT2D eigenvalue weighted by molar-refractivity contribution is 0.0858. The molecule has 2 aliphatic rings. The normalized spacial score (nSPS) is 17.0. The van der Waals surface area contributed by atoms with E-state index in [-0.39, 0.29) is 17.9 Å². The molecule has 1 fully saturated rings. The summed E-state index contributed by atoms with van der Waals surface area (Å²) in [5, 5.41) is 5.84. The number of para-hydroxylation sites is 2. The van der Waals surface area contributed by atoms with E-state index in [2.05, 4.69) is 39.8 Å². The van der Waals surface area contributed by atoms with Gasteiger partial charge in [-0.3, -0.25) is 9.59 Å². The molecule has 3 aromatic rings. The number of amides is 2. The summed E-state index contributed by atoms with van der Waals surface area (Å²) >= 11 is 0. The molecule has 0 bridgehead atoms. The minimum atomic E-state index is -0.237. The zero-order chi connectivity index (χ0) is 24.0. The molecular formula is C29H31N3O3. The monoisotopic (exact) mass is 469 g/mol. The van der Waals surface area contributed by atoms with Crippen LogP contribution in [-0.2, 0) is 17.7 Å². The third-order valence-corrected chi connectivity index (χ3v) is 6.73. The maximum Gasteiger partial charge on any atom is 0.255 e. The van der Waals surface area contributed by atoms with Crippen LogP contribution in [0.5, 0.6) is 0 Å². The second-order valence-electron chi connectivity index (χ2n) is 9.20. The van der Waals surface area contributed by atoms with Crippen LogP contribution in [-0.4, -0.2) is 37.6 Å². The van der Waals surface area contributed by atoms with E-state index in [1.807, 2.05) is 30.3 Å². The van der Waals surface area contributed by atoms with E-state index in [1.54, 1.807) is 18.2 Å². The van der Waals surface area contributed by atoms with Gasteiger partial charge in [0.15, 0.2) is 0 Å². The van der Waals surface area contributed by atoms with Crippen molar-refractivity contribution in [1.29, 1.82) is 0 Å². The lowest BCUT2D eigenvalue weighted by Gasteiger charge is -2.31. The van der Waals surface area contributed by atoms with Gasteiger partial charge in [0.2, 0.25) is 0 Å². The highest BCUT2D eigenvalue weighted by atomic mass is 16.5. The molecule has 0 radical (unpaired) electrons. The maximum atomic E-state index is 12.9. The predicted octanol–water partition coefficient (Wildman–Crippen LogP) is 4.80.